The third-order valence-electron chi connectivity index (χ3n) is 7.30. The van der Waals surface area contributed by atoms with Gasteiger partial charge in [0.1, 0.15) is 11.2 Å². The molecule has 5 heterocycles. The minimum Gasteiger partial charge on any atom is -0.383 e. The molecule has 0 aromatic carbocycles. The summed E-state index contributed by atoms with van der Waals surface area (Å²) in [4.78, 5) is 21.4. The van der Waals surface area contributed by atoms with Crippen molar-refractivity contribution in [1.82, 2.24) is 24.1 Å². The first kappa shape index (κ1) is 22.6. The maximum atomic E-state index is 13.4. The molecular weight excluding hydrogens is 501 g/mol. The summed E-state index contributed by atoms with van der Waals surface area (Å²) in [5.74, 6) is 0.0107. The third-order valence-corrected chi connectivity index (χ3v) is 7.30. The molecule has 0 atom stereocenters. The Morgan fingerprint density at radius 2 is 1.95 bits per heavy atom. The van der Waals surface area contributed by atoms with Crippen molar-refractivity contribution in [2.75, 3.05) is 16.4 Å². The maximum absolute atomic E-state index is 13.4. The van der Waals surface area contributed by atoms with Crippen LogP contribution in [-0.2, 0) is 5.41 Å². The molecule has 2 amide bonds. The first-order valence-electron chi connectivity index (χ1n) is 12.1. The molecule has 7 rings (SSSR count). The number of halogens is 3. The number of urea groups is 1. The number of anilines is 3. The number of pyridine rings is 2. The van der Waals surface area contributed by atoms with Gasteiger partial charge >= 0.3 is 12.2 Å². The van der Waals surface area contributed by atoms with E-state index in [1.807, 2.05) is 16.5 Å². The summed E-state index contributed by atoms with van der Waals surface area (Å²) >= 11 is 0. The molecule has 2 saturated carbocycles. The van der Waals surface area contributed by atoms with Gasteiger partial charge in [-0.25, -0.2) is 14.8 Å². The highest BCUT2D eigenvalue weighted by Crippen LogP contribution is 2.59. The van der Waals surface area contributed by atoms with Gasteiger partial charge in [0.2, 0.25) is 0 Å². The van der Waals surface area contributed by atoms with Crippen LogP contribution in [0, 0.1) is 0 Å². The number of nitrogens with one attached hydrogen (secondary N) is 2. The number of hydrogen-bond acceptors (Lipinski definition) is 6. The number of nitrogens with two attached hydrogens (primary N) is 1. The summed E-state index contributed by atoms with van der Waals surface area (Å²) in [5, 5.41) is 9.57. The van der Waals surface area contributed by atoms with E-state index >= 15 is 0 Å². The summed E-state index contributed by atoms with van der Waals surface area (Å²) in [5.41, 5.74) is 7.85. The highest BCUT2D eigenvalue weighted by molar-refractivity contribution is 6.04. The molecule has 2 aliphatic carbocycles. The number of carbonyl (C=O) groups excluding carboxylic acids is 1. The Hall–Kier alpha value is -4.55. The molecule has 0 radical (unpaired) electrons. The Bertz CT molecular complexity index is 1730. The average Bonchev–Trinajstić information content (AvgIpc) is 3.74. The first-order chi connectivity index (χ1) is 18.2. The van der Waals surface area contributed by atoms with Gasteiger partial charge in [0.05, 0.1) is 22.3 Å². The Kier molecular flexibility index (Phi) is 4.60. The predicted molar refractivity (Wildman–Crippen MR) is 133 cm³/mol. The van der Waals surface area contributed by atoms with E-state index in [2.05, 4.69) is 36.5 Å². The molecular formula is C25H21F3N8O2. The number of alkyl halides is 3. The van der Waals surface area contributed by atoms with Crippen LogP contribution >= 0.6 is 0 Å². The van der Waals surface area contributed by atoms with Crippen molar-refractivity contribution in [3.05, 3.63) is 54.8 Å². The molecule has 0 aliphatic heterocycles. The lowest BCUT2D eigenvalue weighted by molar-refractivity contribution is -0.165. The van der Waals surface area contributed by atoms with Gasteiger partial charge in [-0.05, 0) is 43.9 Å². The number of hydrogen-bond donors (Lipinski definition) is 3. The van der Waals surface area contributed by atoms with Gasteiger partial charge in [-0.1, -0.05) is 5.16 Å². The van der Waals surface area contributed by atoms with Gasteiger partial charge in [0.15, 0.2) is 17.2 Å². The Morgan fingerprint density at radius 3 is 2.68 bits per heavy atom. The van der Waals surface area contributed by atoms with E-state index in [0.29, 0.717) is 23.2 Å². The third kappa shape index (κ3) is 3.41. The average molecular weight is 522 g/mol. The standard InChI is InChI=1S/C25H21F3N8O2/c26-25(27,28)24(6-7-24)18-11-19(34-38-18)33-23(37)32-15-3-4-16(35-10-9-31-22(15)35)14-12-36(13-1-2-13)17-5-8-30-21(29)20(14)17/h3-5,8-13H,1-2,6-7H2,(H2,29,30)(H2,32,33,34,37). The zero-order valence-corrected chi connectivity index (χ0v) is 19.8. The van der Waals surface area contributed by atoms with Crippen LogP contribution in [0.5, 0.6) is 0 Å². The van der Waals surface area contributed by atoms with Gasteiger partial charge in [0, 0.05) is 42.5 Å². The van der Waals surface area contributed by atoms with E-state index in [1.165, 1.54) is 0 Å². The summed E-state index contributed by atoms with van der Waals surface area (Å²) in [6.45, 7) is 0. The highest BCUT2D eigenvalue weighted by Gasteiger charge is 2.66. The van der Waals surface area contributed by atoms with Crippen LogP contribution in [0.4, 0.5) is 35.3 Å². The van der Waals surface area contributed by atoms with E-state index in [-0.39, 0.29) is 24.4 Å². The summed E-state index contributed by atoms with van der Waals surface area (Å²) < 4.78 is 49.0. The first-order valence-corrected chi connectivity index (χ1v) is 12.1. The molecule has 38 heavy (non-hydrogen) atoms. The topological polar surface area (TPSA) is 128 Å². The lowest BCUT2D eigenvalue weighted by Gasteiger charge is -2.15. The van der Waals surface area contributed by atoms with Crippen LogP contribution in [0.25, 0.3) is 27.8 Å². The fraction of sp³-hybridized carbons (Fsp3) is 0.280. The minimum atomic E-state index is -4.44. The van der Waals surface area contributed by atoms with Crippen molar-refractivity contribution < 1.29 is 22.5 Å². The second kappa shape index (κ2) is 7.73. The fourth-order valence-corrected chi connectivity index (χ4v) is 5.04. The number of imidazole rings is 1. The second-order valence-corrected chi connectivity index (χ2v) is 9.76. The molecule has 0 spiro atoms. The number of carbonyl (C=O) groups is 1. The minimum absolute atomic E-state index is 0.0669. The molecule has 13 heteroatoms. The molecule has 0 saturated heterocycles. The molecule has 0 unspecified atom stereocenters. The molecule has 10 nitrogen and oxygen atoms in total. The van der Waals surface area contributed by atoms with Crippen molar-refractivity contribution in [3.8, 4) is 11.3 Å². The van der Waals surface area contributed by atoms with Gasteiger partial charge in [-0.15, -0.1) is 0 Å². The number of fused-ring (bicyclic) bond motifs is 2. The Balaban J connectivity index is 1.18. The number of rotatable bonds is 5. The lowest BCUT2D eigenvalue weighted by atomic mass is 10.0. The van der Waals surface area contributed by atoms with Crippen LogP contribution in [0.3, 0.4) is 0 Å². The largest absolute Gasteiger partial charge is 0.401 e. The van der Waals surface area contributed by atoms with E-state index in [4.69, 9.17) is 10.3 Å². The van der Waals surface area contributed by atoms with Crippen LogP contribution in [-0.4, -0.2) is 36.3 Å². The van der Waals surface area contributed by atoms with Crippen LogP contribution in [0.15, 0.2) is 53.6 Å². The van der Waals surface area contributed by atoms with Crippen LogP contribution in [0.1, 0.15) is 37.5 Å². The molecule has 194 valence electrons. The normalized spacial score (nSPS) is 16.7. The Labute approximate surface area is 212 Å². The van der Waals surface area contributed by atoms with Crippen molar-refractivity contribution >= 4 is 39.9 Å². The fourth-order valence-electron chi connectivity index (χ4n) is 5.04. The smallest absolute Gasteiger partial charge is 0.383 e. The molecule has 2 aliphatic rings. The molecule has 5 aromatic rings. The van der Waals surface area contributed by atoms with Crippen molar-refractivity contribution in [2.24, 2.45) is 0 Å². The number of amides is 2. The number of aromatic nitrogens is 5. The Morgan fingerprint density at radius 1 is 1.13 bits per heavy atom. The SMILES string of the molecule is Nc1nccc2c1c(-c1ccc(NC(=O)Nc3cc(C4(C(F)(F)F)CC4)on3)c3nccn13)cn2C1CC1. The molecule has 5 aromatic heterocycles. The number of nitrogens with zero attached hydrogens (tertiary/aromatic N) is 5. The van der Waals surface area contributed by atoms with Crippen molar-refractivity contribution in [3.63, 3.8) is 0 Å². The van der Waals surface area contributed by atoms with Gasteiger partial charge in [-0.3, -0.25) is 9.72 Å². The predicted octanol–water partition coefficient (Wildman–Crippen LogP) is 5.49. The highest BCUT2D eigenvalue weighted by atomic mass is 19.4. The van der Waals surface area contributed by atoms with Crippen LogP contribution in [0.2, 0.25) is 0 Å². The quantitative estimate of drug-likeness (QED) is 0.280. The van der Waals surface area contributed by atoms with Crippen LogP contribution < -0.4 is 16.4 Å². The second-order valence-electron chi connectivity index (χ2n) is 9.76. The summed E-state index contributed by atoms with van der Waals surface area (Å²) in [6.07, 6.45) is 4.80. The van der Waals surface area contributed by atoms with Crippen molar-refractivity contribution in [1.29, 1.82) is 0 Å². The lowest BCUT2D eigenvalue weighted by Crippen LogP contribution is -2.28. The molecule has 0 bridgehead atoms. The monoisotopic (exact) mass is 522 g/mol. The summed E-state index contributed by atoms with van der Waals surface area (Å²) in [6, 6.07) is 6.35. The van der Waals surface area contributed by atoms with E-state index < -0.39 is 17.6 Å². The van der Waals surface area contributed by atoms with Gasteiger partial charge < -0.3 is 20.1 Å². The van der Waals surface area contributed by atoms with E-state index in [1.54, 1.807) is 24.7 Å². The zero-order chi connectivity index (χ0) is 26.2. The maximum Gasteiger partial charge on any atom is 0.401 e. The van der Waals surface area contributed by atoms with Gasteiger partial charge in [-0.2, -0.15) is 13.2 Å². The zero-order valence-electron chi connectivity index (χ0n) is 19.8. The number of nitrogen functional groups attached to an aromatic ring is 1. The van der Waals surface area contributed by atoms with Crippen molar-refractivity contribution in [2.45, 2.75) is 43.3 Å². The molecule has 2 fully saturated rings. The van der Waals surface area contributed by atoms with E-state index in [0.717, 1.165) is 41.1 Å². The van der Waals surface area contributed by atoms with Gasteiger partial charge in [0.25, 0.3) is 0 Å². The molecule has 4 N–H and O–H groups in total. The summed E-state index contributed by atoms with van der Waals surface area (Å²) in [7, 11) is 0. The van der Waals surface area contributed by atoms with E-state index in [9.17, 15) is 18.0 Å².